The monoisotopic (exact) mass is 315 g/mol. The highest BCUT2D eigenvalue weighted by Gasteiger charge is 2.49. The van der Waals surface area contributed by atoms with E-state index in [2.05, 4.69) is 25.2 Å². The normalized spacial score (nSPS) is 21.1. The number of benzene rings is 1. The van der Waals surface area contributed by atoms with Gasteiger partial charge in [-0.1, -0.05) is 12.1 Å². The molecule has 1 N–H and O–H groups in total. The van der Waals surface area contributed by atoms with Crippen molar-refractivity contribution >= 4 is 25.0 Å². The van der Waals surface area contributed by atoms with Crippen molar-refractivity contribution in [2.24, 2.45) is 0 Å². The lowest BCUT2D eigenvalue weighted by Crippen LogP contribution is -2.42. The second kappa shape index (κ2) is 6.10. The quantitative estimate of drug-likeness (QED) is 0.806. The Morgan fingerprint density at radius 1 is 1.25 bits per heavy atom. The van der Waals surface area contributed by atoms with Gasteiger partial charge in [0.05, 0.1) is 13.2 Å². The first-order chi connectivity index (χ1) is 9.43. The van der Waals surface area contributed by atoms with Gasteiger partial charge in [0.2, 0.25) is 0 Å². The van der Waals surface area contributed by atoms with E-state index in [0.717, 1.165) is 10.6 Å². The highest BCUT2D eigenvalue weighted by Crippen LogP contribution is 2.62. The van der Waals surface area contributed by atoms with Crippen molar-refractivity contribution in [2.75, 3.05) is 18.5 Å². The summed E-state index contributed by atoms with van der Waals surface area (Å²) >= 11 is 1.71. The highest BCUT2D eigenvalue weighted by atomic mass is 32.2. The summed E-state index contributed by atoms with van der Waals surface area (Å²) in [5.74, 6) is -0.366. The van der Waals surface area contributed by atoms with Crippen molar-refractivity contribution in [2.45, 2.75) is 43.1 Å². The number of hydrogen-bond donors (Lipinski definition) is 1. The van der Waals surface area contributed by atoms with E-state index in [1.165, 1.54) is 0 Å². The van der Waals surface area contributed by atoms with Crippen LogP contribution in [0, 0.1) is 0 Å². The SMILES string of the molecule is CCOP(=O)(OCC)[C@H]1Nc2ccccc2SC1(C)C. The molecule has 0 unspecified atom stereocenters. The molecule has 0 bridgehead atoms. The molecule has 112 valence electrons. The van der Waals surface area contributed by atoms with E-state index < -0.39 is 7.60 Å². The van der Waals surface area contributed by atoms with Crippen LogP contribution in [0.15, 0.2) is 29.2 Å². The van der Waals surface area contributed by atoms with Crippen molar-refractivity contribution in [3.63, 3.8) is 0 Å². The Hall–Kier alpha value is -0.480. The second-order valence-corrected chi connectivity index (χ2v) is 8.93. The maximum Gasteiger partial charge on any atom is 0.354 e. The van der Waals surface area contributed by atoms with Crippen LogP contribution in [-0.2, 0) is 13.6 Å². The van der Waals surface area contributed by atoms with E-state index in [1.54, 1.807) is 11.8 Å². The maximum absolute atomic E-state index is 13.1. The molecule has 20 heavy (non-hydrogen) atoms. The number of rotatable bonds is 5. The molecule has 1 aliphatic rings. The van der Waals surface area contributed by atoms with Gasteiger partial charge in [0.25, 0.3) is 0 Å². The molecule has 1 aliphatic heterocycles. The van der Waals surface area contributed by atoms with Crippen molar-refractivity contribution in [1.82, 2.24) is 0 Å². The number of anilines is 1. The summed E-state index contributed by atoms with van der Waals surface area (Å²) in [5, 5.41) is 3.36. The molecular formula is C14H22NO3PS. The fourth-order valence-corrected chi connectivity index (χ4v) is 6.16. The second-order valence-electron chi connectivity index (χ2n) is 5.12. The zero-order chi connectivity index (χ0) is 14.8. The summed E-state index contributed by atoms with van der Waals surface area (Å²) in [7, 11) is -3.20. The van der Waals surface area contributed by atoms with Gasteiger partial charge in [-0.2, -0.15) is 0 Å². The molecule has 1 aromatic carbocycles. The van der Waals surface area contributed by atoms with E-state index >= 15 is 0 Å². The van der Waals surface area contributed by atoms with Crippen LogP contribution in [0.1, 0.15) is 27.7 Å². The summed E-state index contributed by atoms with van der Waals surface area (Å²) < 4.78 is 23.8. The van der Waals surface area contributed by atoms with Crippen LogP contribution >= 0.6 is 19.4 Å². The van der Waals surface area contributed by atoms with Gasteiger partial charge in [0.15, 0.2) is 0 Å². The van der Waals surface area contributed by atoms with E-state index in [4.69, 9.17) is 9.05 Å². The first kappa shape index (κ1) is 15.9. The number of fused-ring (bicyclic) bond motifs is 1. The number of hydrogen-bond acceptors (Lipinski definition) is 5. The van der Waals surface area contributed by atoms with Crippen LogP contribution < -0.4 is 5.32 Å². The summed E-state index contributed by atoms with van der Waals surface area (Å²) in [6.07, 6.45) is 0. The molecule has 0 radical (unpaired) electrons. The third-order valence-electron chi connectivity index (χ3n) is 3.15. The smallest absolute Gasteiger partial charge is 0.354 e. The molecule has 0 saturated carbocycles. The van der Waals surface area contributed by atoms with Gasteiger partial charge in [0.1, 0.15) is 5.78 Å². The zero-order valence-corrected chi connectivity index (χ0v) is 14.1. The van der Waals surface area contributed by atoms with Gasteiger partial charge < -0.3 is 14.4 Å². The van der Waals surface area contributed by atoms with Gasteiger partial charge in [-0.15, -0.1) is 11.8 Å². The third kappa shape index (κ3) is 3.06. The lowest BCUT2D eigenvalue weighted by atomic mass is 10.2. The van der Waals surface area contributed by atoms with E-state index in [0.29, 0.717) is 13.2 Å². The number of thioether (sulfide) groups is 1. The first-order valence-electron chi connectivity index (χ1n) is 6.86. The minimum Gasteiger partial charge on any atom is -0.370 e. The van der Waals surface area contributed by atoms with Crippen LogP contribution in [0.5, 0.6) is 0 Å². The fourth-order valence-electron chi connectivity index (χ4n) is 2.34. The molecule has 4 nitrogen and oxygen atoms in total. The lowest BCUT2D eigenvalue weighted by Gasteiger charge is -2.42. The third-order valence-corrected chi connectivity index (χ3v) is 7.30. The Morgan fingerprint density at radius 3 is 2.45 bits per heavy atom. The first-order valence-corrected chi connectivity index (χ1v) is 9.29. The Kier molecular flexibility index (Phi) is 4.85. The topological polar surface area (TPSA) is 47.6 Å². The fraction of sp³-hybridized carbons (Fsp3) is 0.571. The molecule has 6 heteroatoms. The molecule has 2 rings (SSSR count). The molecule has 1 aromatic rings. The predicted octanol–water partition coefficient (Wildman–Crippen LogP) is 4.58. The minimum atomic E-state index is -3.20. The summed E-state index contributed by atoms with van der Waals surface area (Å²) in [5.41, 5.74) is 0.987. The van der Waals surface area contributed by atoms with E-state index in [1.807, 2.05) is 32.0 Å². The molecule has 1 heterocycles. The van der Waals surface area contributed by atoms with Crippen LogP contribution in [0.4, 0.5) is 5.69 Å². The van der Waals surface area contributed by atoms with E-state index in [9.17, 15) is 4.57 Å². The molecule has 0 aromatic heterocycles. The number of para-hydroxylation sites is 1. The van der Waals surface area contributed by atoms with Crippen molar-refractivity contribution in [1.29, 1.82) is 0 Å². The van der Waals surface area contributed by atoms with Crippen LogP contribution in [0.2, 0.25) is 0 Å². The Labute approximate surface area is 125 Å². The average molecular weight is 315 g/mol. The lowest BCUT2D eigenvalue weighted by molar-refractivity contribution is 0.210. The van der Waals surface area contributed by atoms with Gasteiger partial charge in [-0.05, 0) is 39.8 Å². The molecule has 1 atom stereocenters. The molecule has 0 spiro atoms. The van der Waals surface area contributed by atoms with Crippen molar-refractivity contribution in [3.8, 4) is 0 Å². The van der Waals surface area contributed by atoms with Gasteiger partial charge in [-0.25, -0.2) is 0 Å². The molecule has 0 saturated heterocycles. The standard InChI is InChI=1S/C14H22NO3PS/c1-5-17-19(16,18-6-2)13-14(3,4)20-12-10-8-7-9-11(12)15-13/h7-10,13,15H,5-6H2,1-4H3/t13-/m1/s1. The highest BCUT2D eigenvalue weighted by molar-refractivity contribution is 8.01. The van der Waals surface area contributed by atoms with Crippen molar-refractivity contribution < 1.29 is 13.6 Å². The average Bonchev–Trinajstić information content (AvgIpc) is 2.37. The van der Waals surface area contributed by atoms with E-state index in [-0.39, 0.29) is 10.5 Å². The van der Waals surface area contributed by atoms with Crippen LogP contribution in [0.3, 0.4) is 0 Å². The molecule has 0 aliphatic carbocycles. The van der Waals surface area contributed by atoms with Crippen LogP contribution in [-0.4, -0.2) is 23.7 Å². The zero-order valence-electron chi connectivity index (χ0n) is 12.4. The van der Waals surface area contributed by atoms with Crippen LogP contribution in [0.25, 0.3) is 0 Å². The largest absolute Gasteiger partial charge is 0.370 e. The van der Waals surface area contributed by atoms with Crippen molar-refractivity contribution in [3.05, 3.63) is 24.3 Å². The summed E-state index contributed by atoms with van der Waals surface area (Å²) in [6, 6.07) is 8.03. The summed E-state index contributed by atoms with van der Waals surface area (Å²) in [6.45, 7) is 8.55. The van der Waals surface area contributed by atoms with Gasteiger partial charge in [-0.3, -0.25) is 4.57 Å². The van der Waals surface area contributed by atoms with Gasteiger partial charge in [0, 0.05) is 15.3 Å². The molecular weight excluding hydrogens is 293 g/mol. The van der Waals surface area contributed by atoms with Gasteiger partial charge >= 0.3 is 7.60 Å². The number of nitrogens with one attached hydrogen (secondary N) is 1. The Morgan fingerprint density at radius 2 is 1.85 bits per heavy atom. The molecule has 0 fully saturated rings. The molecule has 0 amide bonds. The minimum absolute atomic E-state index is 0.284. The maximum atomic E-state index is 13.1. The Bertz CT molecular complexity index is 511. The predicted molar refractivity (Wildman–Crippen MR) is 84.6 cm³/mol. The Balaban J connectivity index is 2.38. The summed E-state index contributed by atoms with van der Waals surface area (Å²) in [4.78, 5) is 1.16.